The highest BCUT2D eigenvalue weighted by atomic mass is 35.5. The molecule has 0 saturated carbocycles. The van der Waals surface area contributed by atoms with Gasteiger partial charge in [-0.25, -0.2) is 22.6 Å². The maximum absolute atomic E-state index is 13.3. The summed E-state index contributed by atoms with van der Waals surface area (Å²) in [6.45, 7) is 2.84. The number of anilines is 2. The lowest BCUT2D eigenvalue weighted by Crippen LogP contribution is -2.48. The smallest absolute Gasteiger partial charge is 0.322 e. The van der Waals surface area contributed by atoms with Gasteiger partial charge in [0.25, 0.3) is 0 Å². The van der Waals surface area contributed by atoms with Gasteiger partial charge in [-0.05, 0) is 79.1 Å². The molecular weight excluding hydrogens is 630 g/mol. The summed E-state index contributed by atoms with van der Waals surface area (Å²) in [6, 6.07) is 20.2. The number of hydrogen-bond acceptors (Lipinski definition) is 6. The van der Waals surface area contributed by atoms with Crippen molar-refractivity contribution in [3.8, 4) is 11.5 Å². The van der Waals surface area contributed by atoms with E-state index in [0.29, 0.717) is 29.4 Å². The largest absolute Gasteiger partial charge is 0.457 e. The quantitative estimate of drug-likeness (QED) is 0.184. The van der Waals surface area contributed by atoms with Crippen LogP contribution in [0.5, 0.6) is 11.5 Å². The molecule has 10 nitrogen and oxygen atoms in total. The first kappa shape index (κ1) is 34.6. The average molecular weight is 666 g/mol. The van der Waals surface area contributed by atoms with E-state index < -0.39 is 10.0 Å². The molecule has 0 aliphatic carbocycles. The van der Waals surface area contributed by atoms with Gasteiger partial charge < -0.3 is 19.9 Å². The lowest BCUT2D eigenvalue weighted by atomic mass is 10.0. The van der Waals surface area contributed by atoms with Crippen LogP contribution in [0.3, 0.4) is 0 Å². The lowest BCUT2D eigenvalue weighted by Gasteiger charge is -2.38. The number of piperidine rings is 1. The average Bonchev–Trinajstić information content (AvgIpc) is 3.48. The Hall–Kier alpha value is -3.84. The van der Waals surface area contributed by atoms with E-state index in [4.69, 9.17) is 4.74 Å². The molecule has 1 aliphatic rings. The van der Waals surface area contributed by atoms with E-state index in [9.17, 15) is 17.6 Å². The maximum Gasteiger partial charge on any atom is 0.322 e. The number of imidazole rings is 1. The fourth-order valence-corrected chi connectivity index (χ4v) is 5.47. The Labute approximate surface area is 268 Å². The molecule has 3 N–H and O–H groups in total. The van der Waals surface area contributed by atoms with Gasteiger partial charge in [0, 0.05) is 43.2 Å². The molecule has 0 radical (unpaired) electrons. The van der Waals surface area contributed by atoms with Crippen LogP contribution >= 0.6 is 24.8 Å². The van der Waals surface area contributed by atoms with E-state index >= 15 is 0 Å². The molecule has 1 fully saturated rings. The van der Waals surface area contributed by atoms with Crippen molar-refractivity contribution in [1.82, 2.24) is 19.8 Å². The molecule has 236 valence electrons. The number of nitrogens with zero attached hydrogens (tertiary/aromatic N) is 3. The first-order valence-corrected chi connectivity index (χ1v) is 15.5. The third kappa shape index (κ3) is 10.1. The number of hydrogen-bond donors (Lipinski definition) is 3. The number of aromatic amines is 1. The summed E-state index contributed by atoms with van der Waals surface area (Å²) in [7, 11) is -3.33. The Morgan fingerprint density at radius 2 is 1.57 bits per heavy atom. The molecule has 4 aromatic rings. The number of likely N-dealkylation sites (tertiary alicyclic amines) is 1. The Bertz CT molecular complexity index is 1570. The number of sulfonamides is 1. The standard InChI is InChI=1S/C30H33FN6O4S.2ClH/c1-42(39,40)35-25-8-12-29(13-9-25)41-28-10-2-22(3-11-28)19-36-16-14-27(15-17-36)37(20-26-18-32-21-33-26)30(38)34-24-6-4-23(31)5-7-24;;/h2-13,18,21,27,35H,14-17,19-20H2,1H3,(H,32,33)(H,34,38);2*1H. The van der Waals surface area contributed by atoms with E-state index in [0.717, 1.165) is 50.0 Å². The van der Waals surface area contributed by atoms with E-state index in [-0.39, 0.29) is 42.7 Å². The van der Waals surface area contributed by atoms with Gasteiger partial charge in [0.2, 0.25) is 10.0 Å². The molecule has 0 atom stereocenters. The number of urea groups is 1. The normalized spacial score (nSPS) is 13.7. The fraction of sp³-hybridized carbons (Fsp3) is 0.267. The van der Waals surface area contributed by atoms with Crippen molar-refractivity contribution in [3.05, 3.63) is 102 Å². The molecule has 0 bridgehead atoms. The number of rotatable bonds is 10. The van der Waals surface area contributed by atoms with Crippen LogP contribution < -0.4 is 14.8 Å². The summed E-state index contributed by atoms with van der Waals surface area (Å²) < 4.78 is 44.4. The van der Waals surface area contributed by atoms with Crippen molar-refractivity contribution in [2.75, 3.05) is 29.4 Å². The molecule has 5 rings (SSSR count). The minimum atomic E-state index is -3.33. The van der Waals surface area contributed by atoms with Gasteiger partial charge in [0.05, 0.1) is 24.8 Å². The molecule has 2 heterocycles. The van der Waals surface area contributed by atoms with E-state index in [1.807, 2.05) is 29.2 Å². The molecule has 44 heavy (non-hydrogen) atoms. The van der Waals surface area contributed by atoms with Gasteiger partial charge in [-0.15, -0.1) is 24.8 Å². The zero-order valence-corrected chi connectivity index (χ0v) is 26.4. The highest BCUT2D eigenvalue weighted by Gasteiger charge is 2.28. The molecule has 1 aromatic heterocycles. The van der Waals surface area contributed by atoms with Crippen molar-refractivity contribution >= 4 is 52.2 Å². The summed E-state index contributed by atoms with van der Waals surface area (Å²) in [6.07, 6.45) is 6.05. The number of ether oxygens (including phenoxy) is 1. The number of nitrogens with one attached hydrogen (secondary N) is 3. The van der Waals surface area contributed by atoms with Crippen molar-refractivity contribution < 1.29 is 22.3 Å². The minimum Gasteiger partial charge on any atom is -0.457 e. The highest BCUT2D eigenvalue weighted by molar-refractivity contribution is 7.92. The second kappa shape index (κ2) is 15.8. The maximum atomic E-state index is 13.3. The number of benzene rings is 3. The Balaban J connectivity index is 0.00000264. The first-order chi connectivity index (χ1) is 20.2. The molecule has 1 saturated heterocycles. The number of amides is 2. The van der Waals surface area contributed by atoms with Crippen molar-refractivity contribution in [2.45, 2.75) is 32.0 Å². The zero-order valence-electron chi connectivity index (χ0n) is 24.0. The van der Waals surface area contributed by atoms with Gasteiger partial charge >= 0.3 is 6.03 Å². The van der Waals surface area contributed by atoms with Crippen LogP contribution in [0.15, 0.2) is 85.3 Å². The molecule has 3 aromatic carbocycles. The topological polar surface area (TPSA) is 120 Å². The second-order valence-corrected chi connectivity index (χ2v) is 12.0. The van der Waals surface area contributed by atoms with Crippen LogP contribution in [0.25, 0.3) is 0 Å². The van der Waals surface area contributed by atoms with Gasteiger partial charge in [-0.1, -0.05) is 12.1 Å². The number of carbonyl (C=O) groups excluding carboxylic acids is 1. The Morgan fingerprint density at radius 1 is 0.977 bits per heavy atom. The minimum absolute atomic E-state index is 0. The number of aromatic nitrogens is 2. The third-order valence-electron chi connectivity index (χ3n) is 6.97. The predicted octanol–water partition coefficient (Wildman–Crippen LogP) is 6.25. The van der Waals surface area contributed by atoms with Gasteiger partial charge in [0.15, 0.2) is 0 Å². The number of carbonyl (C=O) groups is 1. The summed E-state index contributed by atoms with van der Waals surface area (Å²) in [5, 5.41) is 2.90. The molecule has 1 aliphatic heterocycles. The molecule has 0 spiro atoms. The molecule has 2 amide bonds. The van der Waals surface area contributed by atoms with Crippen molar-refractivity contribution in [1.29, 1.82) is 0 Å². The lowest BCUT2D eigenvalue weighted by molar-refractivity contribution is 0.119. The van der Waals surface area contributed by atoms with Crippen LogP contribution in [0.4, 0.5) is 20.6 Å². The summed E-state index contributed by atoms with van der Waals surface area (Å²) in [5.41, 5.74) is 3.01. The predicted molar refractivity (Wildman–Crippen MR) is 174 cm³/mol. The van der Waals surface area contributed by atoms with Crippen LogP contribution in [-0.4, -0.2) is 59.6 Å². The summed E-state index contributed by atoms with van der Waals surface area (Å²) in [5.74, 6) is 0.933. The second-order valence-electron chi connectivity index (χ2n) is 10.3. The van der Waals surface area contributed by atoms with Gasteiger partial charge in [0.1, 0.15) is 17.3 Å². The van der Waals surface area contributed by atoms with Crippen molar-refractivity contribution in [3.63, 3.8) is 0 Å². The van der Waals surface area contributed by atoms with Crippen LogP contribution in [-0.2, 0) is 23.1 Å². The first-order valence-electron chi connectivity index (χ1n) is 13.6. The Kier molecular flexibility index (Phi) is 12.4. The summed E-state index contributed by atoms with van der Waals surface area (Å²) >= 11 is 0. The van der Waals surface area contributed by atoms with E-state index in [2.05, 4.69) is 24.9 Å². The number of H-pyrrole nitrogens is 1. The highest BCUT2D eigenvalue weighted by Crippen LogP contribution is 2.25. The van der Waals surface area contributed by atoms with Gasteiger partial charge in [-0.3, -0.25) is 9.62 Å². The molecule has 0 unspecified atom stereocenters. The van der Waals surface area contributed by atoms with Gasteiger partial charge in [-0.2, -0.15) is 0 Å². The van der Waals surface area contributed by atoms with E-state index in [1.165, 1.54) is 12.1 Å². The summed E-state index contributed by atoms with van der Waals surface area (Å²) in [4.78, 5) is 24.6. The fourth-order valence-electron chi connectivity index (χ4n) is 4.90. The Morgan fingerprint density at radius 3 is 2.14 bits per heavy atom. The molecular formula is C30H35Cl2FN6O4S. The van der Waals surface area contributed by atoms with Crippen LogP contribution in [0.1, 0.15) is 24.1 Å². The zero-order chi connectivity index (χ0) is 29.5. The van der Waals surface area contributed by atoms with Crippen molar-refractivity contribution in [2.24, 2.45) is 0 Å². The monoisotopic (exact) mass is 664 g/mol. The third-order valence-corrected chi connectivity index (χ3v) is 7.58. The van der Waals surface area contributed by atoms with E-state index in [1.54, 1.807) is 48.9 Å². The van der Waals surface area contributed by atoms with Crippen LogP contribution in [0, 0.1) is 5.82 Å². The molecule has 14 heteroatoms. The SMILES string of the molecule is CS(=O)(=O)Nc1ccc(Oc2ccc(CN3CCC(N(Cc4cnc[nH]4)C(=O)Nc4ccc(F)cc4)CC3)cc2)cc1.Cl.Cl. The number of halogens is 3. The van der Waals surface area contributed by atoms with Crippen LogP contribution in [0.2, 0.25) is 0 Å².